The number of aromatic nitrogens is 1. The smallest absolute Gasteiger partial charge is 0.251 e. The van der Waals surface area contributed by atoms with Gasteiger partial charge < -0.3 is 20.1 Å². The normalized spacial score (nSPS) is 15.5. The van der Waals surface area contributed by atoms with Crippen molar-refractivity contribution >= 4 is 11.9 Å². The number of nitrogens with one attached hydrogen (secondary N) is 2. The van der Waals surface area contributed by atoms with Crippen molar-refractivity contribution in [3.05, 3.63) is 53.9 Å². The number of hydrogen-bond donors (Lipinski definition) is 2. The third-order valence-corrected chi connectivity index (χ3v) is 4.58. The van der Waals surface area contributed by atoms with Crippen LogP contribution in [0, 0.1) is 0 Å². The second-order valence-corrected chi connectivity index (χ2v) is 6.61. The Balaban J connectivity index is 1.44. The zero-order chi connectivity index (χ0) is 19.6. The number of aliphatic imine (C=N–C) groups is 1. The van der Waals surface area contributed by atoms with Crippen molar-refractivity contribution in [2.45, 2.75) is 13.5 Å². The van der Waals surface area contributed by atoms with Gasteiger partial charge in [0.25, 0.3) is 5.91 Å². The number of carbonyl (C=O) groups is 1. The molecule has 1 aliphatic rings. The van der Waals surface area contributed by atoms with Crippen molar-refractivity contribution in [1.29, 1.82) is 0 Å². The van der Waals surface area contributed by atoms with Crippen LogP contribution in [-0.2, 0) is 6.54 Å². The average molecular weight is 384 g/mol. The van der Waals surface area contributed by atoms with E-state index in [2.05, 4.69) is 37.5 Å². The first-order valence-corrected chi connectivity index (χ1v) is 9.74. The van der Waals surface area contributed by atoms with Gasteiger partial charge >= 0.3 is 0 Å². The molecule has 2 aromatic rings. The highest BCUT2D eigenvalue weighted by Crippen LogP contribution is 2.07. The number of carbonyl (C=O) groups excluding carboxylic acids is 1. The van der Waals surface area contributed by atoms with E-state index in [1.54, 1.807) is 18.4 Å². The lowest BCUT2D eigenvalue weighted by atomic mass is 10.2. The van der Waals surface area contributed by atoms with Crippen molar-refractivity contribution in [3.63, 3.8) is 0 Å². The van der Waals surface area contributed by atoms with E-state index in [-0.39, 0.29) is 5.91 Å². The Morgan fingerprint density at radius 2 is 1.93 bits per heavy atom. The molecule has 1 aromatic heterocycles. The maximum Gasteiger partial charge on any atom is 0.251 e. The number of hydrogen-bond acceptors (Lipinski definition) is 5. The van der Waals surface area contributed by atoms with E-state index in [4.69, 9.17) is 4.52 Å². The third kappa shape index (κ3) is 5.82. The monoisotopic (exact) mass is 384 g/mol. The number of guanidine groups is 1. The van der Waals surface area contributed by atoms with Gasteiger partial charge in [-0.1, -0.05) is 23.4 Å². The minimum Gasteiger partial charge on any atom is -0.364 e. The van der Waals surface area contributed by atoms with E-state index in [9.17, 15) is 4.79 Å². The Morgan fingerprint density at radius 1 is 1.14 bits per heavy atom. The first-order valence-electron chi connectivity index (χ1n) is 9.74. The largest absolute Gasteiger partial charge is 0.364 e. The molecule has 8 nitrogen and oxygen atoms in total. The van der Waals surface area contributed by atoms with Crippen LogP contribution >= 0.6 is 0 Å². The average Bonchev–Trinajstić information content (AvgIpc) is 3.24. The first-order chi connectivity index (χ1) is 13.8. The lowest BCUT2D eigenvalue weighted by Gasteiger charge is -2.36. The van der Waals surface area contributed by atoms with Crippen LogP contribution in [0.1, 0.15) is 23.0 Å². The minimum absolute atomic E-state index is 0.0673. The summed E-state index contributed by atoms with van der Waals surface area (Å²) in [5.74, 6) is 0.833. The number of rotatable bonds is 7. The predicted octanol–water partition coefficient (Wildman–Crippen LogP) is 1.19. The van der Waals surface area contributed by atoms with Crippen LogP contribution < -0.4 is 10.6 Å². The Labute approximate surface area is 165 Å². The molecule has 2 heterocycles. The molecular formula is C20H28N6O2. The fourth-order valence-corrected chi connectivity index (χ4v) is 3.11. The van der Waals surface area contributed by atoms with Gasteiger partial charge in [-0.2, -0.15) is 0 Å². The molecule has 1 aliphatic heterocycles. The Kier molecular flexibility index (Phi) is 7.43. The fraction of sp³-hybridized carbons (Fsp3) is 0.450. The van der Waals surface area contributed by atoms with E-state index in [1.807, 2.05) is 24.3 Å². The van der Waals surface area contributed by atoms with Gasteiger partial charge in [-0.15, -0.1) is 0 Å². The molecule has 8 heteroatoms. The summed E-state index contributed by atoms with van der Waals surface area (Å²) in [5.41, 5.74) is 1.63. The Morgan fingerprint density at radius 3 is 2.61 bits per heavy atom. The molecule has 0 spiro atoms. The van der Waals surface area contributed by atoms with Crippen LogP contribution in [-0.4, -0.2) is 72.6 Å². The van der Waals surface area contributed by atoms with E-state index in [0.29, 0.717) is 18.7 Å². The van der Waals surface area contributed by atoms with Crippen molar-refractivity contribution in [3.8, 4) is 0 Å². The van der Waals surface area contributed by atoms with Gasteiger partial charge in [0.2, 0.25) is 0 Å². The zero-order valence-corrected chi connectivity index (χ0v) is 16.3. The molecule has 0 aliphatic carbocycles. The summed E-state index contributed by atoms with van der Waals surface area (Å²) < 4.78 is 4.90. The van der Waals surface area contributed by atoms with Crippen LogP contribution in [0.3, 0.4) is 0 Å². The van der Waals surface area contributed by atoms with Gasteiger partial charge in [-0.3, -0.25) is 14.7 Å². The van der Waals surface area contributed by atoms with Crippen LogP contribution in [0.2, 0.25) is 0 Å². The van der Waals surface area contributed by atoms with Gasteiger partial charge in [-0.05, 0) is 19.1 Å². The van der Waals surface area contributed by atoms with E-state index < -0.39 is 0 Å². The van der Waals surface area contributed by atoms with Crippen molar-refractivity contribution in [2.24, 2.45) is 4.99 Å². The molecule has 1 fully saturated rings. The van der Waals surface area contributed by atoms with Crippen molar-refractivity contribution in [1.82, 2.24) is 25.6 Å². The Hall–Kier alpha value is -2.87. The zero-order valence-electron chi connectivity index (χ0n) is 16.3. The molecule has 2 N–H and O–H groups in total. The maximum absolute atomic E-state index is 12.1. The van der Waals surface area contributed by atoms with Gasteiger partial charge in [0.15, 0.2) is 5.96 Å². The minimum atomic E-state index is -0.0673. The molecule has 1 aromatic carbocycles. The first kappa shape index (κ1) is 19.9. The molecule has 1 saturated heterocycles. The number of benzene rings is 1. The van der Waals surface area contributed by atoms with Gasteiger partial charge in [-0.25, -0.2) is 0 Å². The summed E-state index contributed by atoms with van der Waals surface area (Å²) >= 11 is 0. The van der Waals surface area contributed by atoms with E-state index in [1.165, 1.54) is 0 Å². The lowest BCUT2D eigenvalue weighted by molar-refractivity contribution is 0.0954. The van der Waals surface area contributed by atoms with E-state index >= 15 is 0 Å². The highest BCUT2D eigenvalue weighted by molar-refractivity contribution is 5.94. The molecule has 1 amide bonds. The molecule has 0 saturated carbocycles. The highest BCUT2D eigenvalue weighted by Gasteiger charge is 2.20. The number of amides is 1. The summed E-state index contributed by atoms with van der Waals surface area (Å²) in [6.07, 6.45) is 1.61. The third-order valence-electron chi connectivity index (χ3n) is 4.58. The predicted molar refractivity (Wildman–Crippen MR) is 108 cm³/mol. The molecule has 0 unspecified atom stereocenters. The standard InChI is InChI=1S/C20H28N6O2/c1-2-21-20(23-10-9-22-19(27)17-6-4-3-5-7-17)26-13-11-25(12-14-26)16-18-8-15-28-24-18/h3-8,15H,2,9-14,16H2,1H3,(H,21,23)(H,22,27). The maximum atomic E-state index is 12.1. The summed E-state index contributed by atoms with van der Waals surface area (Å²) in [5, 5.41) is 10.2. The molecule has 150 valence electrons. The fourth-order valence-electron chi connectivity index (χ4n) is 3.11. The highest BCUT2D eigenvalue weighted by atomic mass is 16.5. The molecule has 0 atom stereocenters. The summed E-state index contributed by atoms with van der Waals surface area (Å²) in [6, 6.07) is 11.1. The lowest BCUT2D eigenvalue weighted by Crippen LogP contribution is -2.52. The number of piperazine rings is 1. The summed E-state index contributed by atoms with van der Waals surface area (Å²) in [6.45, 7) is 8.43. The van der Waals surface area contributed by atoms with Crippen molar-refractivity contribution in [2.75, 3.05) is 45.8 Å². The summed E-state index contributed by atoms with van der Waals surface area (Å²) in [4.78, 5) is 21.4. The van der Waals surface area contributed by atoms with Crippen molar-refractivity contribution < 1.29 is 9.32 Å². The molecule has 3 rings (SSSR count). The second-order valence-electron chi connectivity index (χ2n) is 6.61. The molecule has 28 heavy (non-hydrogen) atoms. The van der Waals surface area contributed by atoms with Gasteiger partial charge in [0.1, 0.15) is 6.26 Å². The molecule has 0 bridgehead atoms. The molecule has 0 radical (unpaired) electrons. The second kappa shape index (κ2) is 10.5. The Bertz CT molecular complexity index is 739. The van der Waals surface area contributed by atoms with Gasteiger partial charge in [0.05, 0.1) is 12.2 Å². The SMILES string of the molecule is CCNC(=NCCNC(=O)c1ccccc1)N1CCN(Cc2ccon2)CC1. The topological polar surface area (TPSA) is 86.0 Å². The van der Waals surface area contributed by atoms with E-state index in [0.717, 1.165) is 50.9 Å². The quantitative estimate of drug-likeness (QED) is 0.424. The summed E-state index contributed by atoms with van der Waals surface area (Å²) in [7, 11) is 0. The van der Waals surface area contributed by atoms with Crippen LogP contribution in [0.4, 0.5) is 0 Å². The molecular weight excluding hydrogens is 356 g/mol. The van der Waals surface area contributed by atoms with Gasteiger partial charge in [0, 0.05) is 57.4 Å². The van der Waals surface area contributed by atoms with Crippen LogP contribution in [0.5, 0.6) is 0 Å². The number of nitrogens with zero attached hydrogens (tertiary/aromatic N) is 4. The van der Waals surface area contributed by atoms with Crippen LogP contribution in [0.25, 0.3) is 0 Å². The van der Waals surface area contributed by atoms with Crippen LogP contribution in [0.15, 0.2) is 52.2 Å².